The summed E-state index contributed by atoms with van der Waals surface area (Å²) in [7, 11) is 0. The topological polar surface area (TPSA) is 36.7 Å². The quantitative estimate of drug-likeness (QED) is 0.492. The van der Waals surface area contributed by atoms with Crippen molar-refractivity contribution >= 4 is 5.69 Å². The lowest BCUT2D eigenvalue weighted by molar-refractivity contribution is 1.19. The largest absolute Gasteiger partial charge is 0.301 e. The fourth-order valence-corrected chi connectivity index (χ4v) is 0.546. The van der Waals surface area contributed by atoms with E-state index in [4.69, 9.17) is 5.73 Å². The van der Waals surface area contributed by atoms with Crippen molar-refractivity contribution in [1.29, 1.82) is 0 Å². The molecule has 1 aromatic rings. The maximum atomic E-state index is 7.10. The zero-order chi connectivity index (χ0) is 5.98. The number of pyridine rings is 1. The lowest BCUT2D eigenvalue weighted by atomic mass is 10.3. The molecule has 1 aromatic heterocycles. The van der Waals surface area contributed by atoms with Crippen LogP contribution < -0.4 is 5.73 Å². The van der Waals surface area contributed by atoms with E-state index < -0.39 is 0 Å². The molecular formula is C6H7N2. The van der Waals surface area contributed by atoms with E-state index in [-0.39, 0.29) is 0 Å². The first-order valence-electron chi connectivity index (χ1n) is 2.43. The average Bonchev–Trinajstić information content (AvgIpc) is 1.64. The van der Waals surface area contributed by atoms with Gasteiger partial charge in [-0.3, -0.25) is 4.98 Å². The number of aromatic nitrogens is 1. The average molecular weight is 107 g/mol. The van der Waals surface area contributed by atoms with Crippen molar-refractivity contribution in [3.05, 3.63) is 24.0 Å². The van der Waals surface area contributed by atoms with E-state index in [0.717, 1.165) is 5.69 Å². The minimum atomic E-state index is 0.525. The van der Waals surface area contributed by atoms with Crippen LogP contribution in [0, 0.1) is 6.92 Å². The molecule has 0 saturated heterocycles. The minimum Gasteiger partial charge on any atom is -0.301 e. The van der Waals surface area contributed by atoms with Gasteiger partial charge < -0.3 is 5.73 Å². The lowest BCUT2D eigenvalue weighted by Gasteiger charge is -1.89. The van der Waals surface area contributed by atoms with E-state index in [2.05, 4.69) is 4.98 Å². The van der Waals surface area contributed by atoms with Gasteiger partial charge in [0.05, 0.1) is 5.69 Å². The Bertz CT molecular complexity index is 166. The second kappa shape index (κ2) is 1.82. The molecular weight excluding hydrogens is 100 g/mol. The van der Waals surface area contributed by atoms with Crippen LogP contribution in [0.1, 0.15) is 5.69 Å². The molecule has 2 nitrogen and oxygen atoms in total. The SMILES string of the molecule is Cc1cc([NH])ccn1. The summed E-state index contributed by atoms with van der Waals surface area (Å²) >= 11 is 0. The van der Waals surface area contributed by atoms with Crippen molar-refractivity contribution < 1.29 is 0 Å². The van der Waals surface area contributed by atoms with Crippen molar-refractivity contribution in [2.75, 3.05) is 0 Å². The van der Waals surface area contributed by atoms with Gasteiger partial charge in [0.1, 0.15) is 0 Å². The molecule has 1 rings (SSSR count). The summed E-state index contributed by atoms with van der Waals surface area (Å²) in [6.07, 6.45) is 1.64. The first-order chi connectivity index (χ1) is 3.79. The predicted molar refractivity (Wildman–Crippen MR) is 31.7 cm³/mol. The highest BCUT2D eigenvalue weighted by atomic mass is 14.7. The molecule has 0 bridgehead atoms. The third-order valence-electron chi connectivity index (χ3n) is 0.897. The highest BCUT2D eigenvalue weighted by molar-refractivity contribution is 5.32. The highest BCUT2D eigenvalue weighted by Crippen LogP contribution is 2.01. The number of nitrogens with one attached hydrogen (secondary N) is 1. The summed E-state index contributed by atoms with van der Waals surface area (Å²) in [6, 6.07) is 3.38. The zero-order valence-electron chi connectivity index (χ0n) is 4.68. The molecule has 0 fully saturated rings. The number of rotatable bonds is 0. The number of nitrogens with zero attached hydrogens (tertiary/aromatic N) is 1. The molecule has 0 aliphatic heterocycles. The second-order valence-corrected chi connectivity index (χ2v) is 1.69. The Balaban J connectivity index is 3.08. The van der Waals surface area contributed by atoms with Gasteiger partial charge in [0.25, 0.3) is 0 Å². The molecule has 0 aliphatic rings. The Kier molecular flexibility index (Phi) is 1.16. The molecule has 1 heterocycles. The van der Waals surface area contributed by atoms with Crippen LogP contribution in [0.25, 0.3) is 0 Å². The third-order valence-corrected chi connectivity index (χ3v) is 0.897. The fraction of sp³-hybridized carbons (Fsp3) is 0.167. The van der Waals surface area contributed by atoms with Crippen molar-refractivity contribution in [2.24, 2.45) is 0 Å². The summed E-state index contributed by atoms with van der Waals surface area (Å²) in [5.41, 5.74) is 8.52. The predicted octanol–water partition coefficient (Wildman–Crippen LogP) is 1.30. The first kappa shape index (κ1) is 5.09. The molecule has 0 amide bonds. The van der Waals surface area contributed by atoms with E-state index in [1.165, 1.54) is 0 Å². The molecule has 0 unspecified atom stereocenters. The molecule has 0 atom stereocenters. The summed E-state index contributed by atoms with van der Waals surface area (Å²) < 4.78 is 0. The van der Waals surface area contributed by atoms with Gasteiger partial charge in [0, 0.05) is 11.9 Å². The van der Waals surface area contributed by atoms with Crippen molar-refractivity contribution in [2.45, 2.75) is 6.92 Å². The Morgan fingerprint density at radius 2 is 2.38 bits per heavy atom. The molecule has 0 aliphatic carbocycles. The van der Waals surface area contributed by atoms with Crippen LogP contribution in [0.3, 0.4) is 0 Å². The summed E-state index contributed by atoms with van der Waals surface area (Å²) in [6.45, 7) is 1.87. The van der Waals surface area contributed by atoms with Gasteiger partial charge in [-0.25, -0.2) is 0 Å². The number of hydrogen-bond acceptors (Lipinski definition) is 1. The lowest BCUT2D eigenvalue weighted by Crippen LogP contribution is -1.77. The summed E-state index contributed by atoms with van der Waals surface area (Å²) in [5.74, 6) is 0. The Morgan fingerprint density at radius 3 is 2.75 bits per heavy atom. The normalized spacial score (nSPS) is 9.12. The zero-order valence-corrected chi connectivity index (χ0v) is 4.68. The van der Waals surface area contributed by atoms with Gasteiger partial charge >= 0.3 is 0 Å². The van der Waals surface area contributed by atoms with Gasteiger partial charge in [0.2, 0.25) is 0 Å². The minimum absolute atomic E-state index is 0.525. The second-order valence-electron chi connectivity index (χ2n) is 1.69. The molecule has 1 radical (unpaired) electrons. The molecule has 0 spiro atoms. The van der Waals surface area contributed by atoms with Gasteiger partial charge in [-0.1, -0.05) is 0 Å². The Morgan fingerprint density at radius 1 is 1.62 bits per heavy atom. The van der Waals surface area contributed by atoms with Crippen molar-refractivity contribution in [1.82, 2.24) is 10.7 Å². The van der Waals surface area contributed by atoms with Crippen LogP contribution in [-0.4, -0.2) is 4.98 Å². The van der Waals surface area contributed by atoms with Crippen LogP contribution in [0.2, 0.25) is 0 Å². The smallest absolute Gasteiger partial charge is 0.0573 e. The van der Waals surface area contributed by atoms with E-state index in [1.807, 2.05) is 6.92 Å². The van der Waals surface area contributed by atoms with Crippen molar-refractivity contribution in [3.63, 3.8) is 0 Å². The standard InChI is InChI=1S/C6H7N2/c1-5-4-6(7)2-3-8-5/h2-4,7H,1H3. The van der Waals surface area contributed by atoms with Gasteiger partial charge in [-0.2, -0.15) is 0 Å². The van der Waals surface area contributed by atoms with Gasteiger partial charge in [0.15, 0.2) is 0 Å². The van der Waals surface area contributed by atoms with E-state index in [9.17, 15) is 0 Å². The van der Waals surface area contributed by atoms with Crippen molar-refractivity contribution in [3.8, 4) is 0 Å². The summed E-state index contributed by atoms with van der Waals surface area (Å²) in [4.78, 5) is 3.92. The number of hydrogen-bond donors (Lipinski definition) is 0. The third kappa shape index (κ3) is 0.964. The molecule has 0 aromatic carbocycles. The van der Waals surface area contributed by atoms with Crippen LogP contribution in [-0.2, 0) is 0 Å². The molecule has 41 valence electrons. The molecule has 1 N–H and O–H groups in total. The highest BCUT2D eigenvalue weighted by Gasteiger charge is 1.83. The Hall–Kier alpha value is -1.05. The van der Waals surface area contributed by atoms with E-state index in [1.54, 1.807) is 18.3 Å². The maximum Gasteiger partial charge on any atom is 0.0573 e. The van der Waals surface area contributed by atoms with Crippen LogP contribution in [0.15, 0.2) is 18.3 Å². The van der Waals surface area contributed by atoms with E-state index in [0.29, 0.717) is 5.69 Å². The monoisotopic (exact) mass is 107 g/mol. The fourth-order valence-electron chi connectivity index (χ4n) is 0.546. The van der Waals surface area contributed by atoms with E-state index >= 15 is 0 Å². The van der Waals surface area contributed by atoms with Gasteiger partial charge in [-0.05, 0) is 19.1 Å². The first-order valence-corrected chi connectivity index (χ1v) is 2.43. The maximum absolute atomic E-state index is 7.10. The summed E-state index contributed by atoms with van der Waals surface area (Å²) in [5, 5.41) is 0. The van der Waals surface area contributed by atoms with Gasteiger partial charge in [-0.15, -0.1) is 0 Å². The molecule has 2 heteroatoms. The molecule has 0 saturated carbocycles. The van der Waals surface area contributed by atoms with Crippen LogP contribution >= 0.6 is 0 Å². The number of aryl methyl sites for hydroxylation is 1. The van der Waals surface area contributed by atoms with Crippen LogP contribution in [0.4, 0.5) is 5.69 Å². The van der Waals surface area contributed by atoms with Crippen LogP contribution in [0.5, 0.6) is 0 Å². The molecule has 8 heavy (non-hydrogen) atoms. The Labute approximate surface area is 48.4 Å².